The SMILES string of the molecule is CC(NC(=O)c1cc(Cl)cc(Br)c1)C(N=CN)=Nc1ncccn1. The van der Waals surface area contributed by atoms with Crippen molar-refractivity contribution in [3.05, 3.63) is 51.7 Å². The Kier molecular flexibility index (Phi) is 6.39. The standard InChI is InChI=1S/C15H14BrClN6O/c1-9(13(21-8-18)23-15-19-3-2-4-20-15)22-14(24)10-5-11(16)7-12(17)6-10/h2-9H,1H3,(H,22,24)(H2,18,19,20,21,23). The Morgan fingerprint density at radius 2 is 2.08 bits per heavy atom. The van der Waals surface area contributed by atoms with Gasteiger partial charge in [-0.2, -0.15) is 4.99 Å². The van der Waals surface area contributed by atoms with Crippen molar-refractivity contribution in [2.24, 2.45) is 15.7 Å². The lowest BCUT2D eigenvalue weighted by atomic mass is 10.2. The average Bonchev–Trinajstić information content (AvgIpc) is 2.54. The summed E-state index contributed by atoms with van der Waals surface area (Å²) < 4.78 is 0.708. The Labute approximate surface area is 152 Å². The van der Waals surface area contributed by atoms with Gasteiger partial charge in [-0.25, -0.2) is 15.0 Å². The first-order chi connectivity index (χ1) is 11.5. The van der Waals surface area contributed by atoms with E-state index in [1.54, 1.807) is 43.6 Å². The van der Waals surface area contributed by atoms with Crippen LogP contribution in [-0.4, -0.2) is 34.1 Å². The number of nitrogens with zero attached hydrogens (tertiary/aromatic N) is 4. The highest BCUT2D eigenvalue weighted by Crippen LogP contribution is 2.19. The van der Waals surface area contributed by atoms with Crippen LogP contribution in [0.4, 0.5) is 5.95 Å². The minimum Gasteiger partial charge on any atom is -0.390 e. The van der Waals surface area contributed by atoms with Gasteiger partial charge in [0.25, 0.3) is 11.9 Å². The molecule has 24 heavy (non-hydrogen) atoms. The molecule has 0 saturated heterocycles. The fourth-order valence-corrected chi connectivity index (χ4v) is 2.65. The molecule has 3 N–H and O–H groups in total. The van der Waals surface area contributed by atoms with Gasteiger partial charge in [0.05, 0.1) is 12.4 Å². The van der Waals surface area contributed by atoms with Crippen LogP contribution in [0.2, 0.25) is 5.02 Å². The Balaban J connectivity index is 2.20. The third kappa shape index (κ3) is 5.10. The summed E-state index contributed by atoms with van der Waals surface area (Å²) in [5.74, 6) is 0.183. The number of rotatable bonds is 4. The number of hydrogen-bond donors (Lipinski definition) is 2. The zero-order chi connectivity index (χ0) is 17.5. The second kappa shape index (κ2) is 8.51. The highest BCUT2D eigenvalue weighted by molar-refractivity contribution is 9.10. The van der Waals surface area contributed by atoms with Crippen LogP contribution < -0.4 is 11.1 Å². The Morgan fingerprint density at radius 3 is 2.71 bits per heavy atom. The van der Waals surface area contributed by atoms with Gasteiger partial charge in [-0.15, -0.1) is 0 Å². The van der Waals surface area contributed by atoms with Crippen molar-refractivity contribution < 1.29 is 4.79 Å². The molecule has 1 heterocycles. The van der Waals surface area contributed by atoms with E-state index in [-0.39, 0.29) is 17.7 Å². The quantitative estimate of drug-likeness (QED) is 0.598. The van der Waals surface area contributed by atoms with Crippen LogP contribution in [0.25, 0.3) is 0 Å². The molecule has 0 aliphatic carbocycles. The lowest BCUT2D eigenvalue weighted by molar-refractivity contribution is 0.0949. The molecule has 0 aliphatic heterocycles. The summed E-state index contributed by atoms with van der Waals surface area (Å²) in [4.78, 5) is 28.5. The first kappa shape index (κ1) is 18.0. The van der Waals surface area contributed by atoms with Crippen LogP contribution in [0.5, 0.6) is 0 Å². The molecule has 0 radical (unpaired) electrons. The maximum Gasteiger partial charge on any atom is 0.251 e. The van der Waals surface area contributed by atoms with E-state index in [0.717, 1.165) is 6.34 Å². The van der Waals surface area contributed by atoms with Crippen LogP contribution in [-0.2, 0) is 0 Å². The zero-order valence-electron chi connectivity index (χ0n) is 12.6. The number of halogens is 2. The monoisotopic (exact) mass is 408 g/mol. The van der Waals surface area contributed by atoms with Gasteiger partial charge in [0.15, 0.2) is 5.84 Å². The molecule has 9 heteroatoms. The maximum absolute atomic E-state index is 12.4. The van der Waals surface area contributed by atoms with Crippen molar-refractivity contribution in [2.45, 2.75) is 13.0 Å². The molecule has 0 saturated carbocycles. The van der Waals surface area contributed by atoms with E-state index < -0.39 is 6.04 Å². The third-order valence-electron chi connectivity index (χ3n) is 2.83. The van der Waals surface area contributed by atoms with E-state index >= 15 is 0 Å². The van der Waals surface area contributed by atoms with E-state index in [1.807, 2.05) is 0 Å². The molecule has 0 spiro atoms. The summed E-state index contributed by atoms with van der Waals surface area (Å²) >= 11 is 9.26. The Hall–Kier alpha value is -2.32. The van der Waals surface area contributed by atoms with Gasteiger partial charge < -0.3 is 11.1 Å². The molecule has 2 aromatic rings. The molecular weight excluding hydrogens is 396 g/mol. The van der Waals surface area contributed by atoms with E-state index in [9.17, 15) is 4.79 Å². The van der Waals surface area contributed by atoms with Gasteiger partial charge in [-0.1, -0.05) is 27.5 Å². The van der Waals surface area contributed by atoms with E-state index in [1.165, 1.54) is 0 Å². The van der Waals surface area contributed by atoms with Crippen LogP contribution in [0, 0.1) is 0 Å². The molecule has 1 amide bonds. The van der Waals surface area contributed by atoms with Gasteiger partial charge in [-0.3, -0.25) is 4.79 Å². The number of hydrogen-bond acceptors (Lipinski definition) is 4. The number of benzene rings is 1. The molecule has 0 fully saturated rings. The number of aliphatic imine (C=N–C) groups is 2. The second-order valence-electron chi connectivity index (χ2n) is 4.65. The summed E-state index contributed by atoms with van der Waals surface area (Å²) in [7, 11) is 0. The largest absolute Gasteiger partial charge is 0.390 e. The number of carbonyl (C=O) groups is 1. The number of aromatic nitrogens is 2. The van der Waals surface area contributed by atoms with Crippen LogP contribution in [0.3, 0.4) is 0 Å². The maximum atomic E-state index is 12.4. The van der Waals surface area contributed by atoms with Gasteiger partial charge in [0.2, 0.25) is 0 Å². The van der Waals surface area contributed by atoms with Crippen molar-refractivity contribution in [3.63, 3.8) is 0 Å². The van der Waals surface area contributed by atoms with E-state index in [0.29, 0.717) is 15.1 Å². The minimum atomic E-state index is -0.515. The van der Waals surface area contributed by atoms with Crippen LogP contribution >= 0.6 is 27.5 Å². The van der Waals surface area contributed by atoms with Crippen molar-refractivity contribution in [2.75, 3.05) is 0 Å². The highest BCUT2D eigenvalue weighted by Gasteiger charge is 2.16. The molecule has 0 aliphatic rings. The molecular formula is C15H14BrClN6O. The van der Waals surface area contributed by atoms with Gasteiger partial charge in [-0.05, 0) is 31.2 Å². The Morgan fingerprint density at radius 1 is 1.38 bits per heavy atom. The topological polar surface area (TPSA) is 106 Å². The third-order valence-corrected chi connectivity index (χ3v) is 3.51. The van der Waals surface area contributed by atoms with Crippen LogP contribution in [0.15, 0.2) is 51.1 Å². The first-order valence-corrected chi connectivity index (χ1v) is 8.03. The molecule has 124 valence electrons. The highest BCUT2D eigenvalue weighted by atomic mass is 79.9. The summed E-state index contributed by atoms with van der Waals surface area (Å²) in [6.45, 7) is 1.73. The Bertz CT molecular complexity index is 761. The van der Waals surface area contributed by atoms with Gasteiger partial charge in [0.1, 0.15) is 0 Å². The average molecular weight is 410 g/mol. The summed E-state index contributed by atoms with van der Waals surface area (Å²) in [5, 5.41) is 3.23. The first-order valence-electron chi connectivity index (χ1n) is 6.86. The van der Waals surface area contributed by atoms with E-state index in [4.69, 9.17) is 17.3 Å². The van der Waals surface area contributed by atoms with Crippen molar-refractivity contribution in [1.82, 2.24) is 15.3 Å². The predicted molar refractivity (Wildman–Crippen MR) is 97.9 cm³/mol. The van der Waals surface area contributed by atoms with Crippen LogP contribution in [0.1, 0.15) is 17.3 Å². The summed E-state index contributed by atoms with van der Waals surface area (Å²) in [6.07, 6.45) is 4.21. The molecule has 7 nitrogen and oxygen atoms in total. The lowest BCUT2D eigenvalue weighted by Crippen LogP contribution is -2.38. The number of nitrogens with two attached hydrogens (primary N) is 1. The number of amides is 1. The molecule has 1 aromatic carbocycles. The van der Waals surface area contributed by atoms with Crippen molar-refractivity contribution in [3.8, 4) is 0 Å². The number of carbonyl (C=O) groups excluding carboxylic acids is 1. The fourth-order valence-electron chi connectivity index (χ4n) is 1.79. The minimum absolute atomic E-state index is 0.227. The molecule has 1 aromatic heterocycles. The normalized spacial score (nSPS) is 13.0. The predicted octanol–water partition coefficient (Wildman–Crippen LogP) is 2.73. The van der Waals surface area contributed by atoms with Crippen molar-refractivity contribution in [1.29, 1.82) is 0 Å². The van der Waals surface area contributed by atoms with Gasteiger partial charge in [0, 0.05) is 27.5 Å². The zero-order valence-corrected chi connectivity index (χ0v) is 15.0. The summed E-state index contributed by atoms with van der Waals surface area (Å²) in [5.41, 5.74) is 5.76. The summed E-state index contributed by atoms with van der Waals surface area (Å²) in [6, 6.07) is 6.08. The second-order valence-corrected chi connectivity index (χ2v) is 6.00. The molecule has 0 bridgehead atoms. The lowest BCUT2D eigenvalue weighted by Gasteiger charge is -2.13. The van der Waals surface area contributed by atoms with E-state index in [2.05, 4.69) is 41.2 Å². The molecule has 1 atom stereocenters. The molecule has 1 unspecified atom stereocenters. The molecule has 2 rings (SSSR count). The fraction of sp³-hybridized carbons (Fsp3) is 0.133. The smallest absolute Gasteiger partial charge is 0.251 e. The number of amidine groups is 1. The van der Waals surface area contributed by atoms with Crippen molar-refractivity contribution >= 4 is 51.6 Å². The van der Waals surface area contributed by atoms with Gasteiger partial charge >= 0.3 is 0 Å². The number of nitrogens with one attached hydrogen (secondary N) is 1.